The molecule has 3 aliphatic heterocycles. The van der Waals surface area contributed by atoms with Crippen molar-refractivity contribution in [2.45, 2.75) is 47.0 Å². The van der Waals surface area contributed by atoms with Crippen LogP contribution in [-0.4, -0.2) is 21.9 Å². The first-order valence-electron chi connectivity index (χ1n) is 9.47. The van der Waals surface area contributed by atoms with Gasteiger partial charge in [-0.15, -0.1) is 0 Å². The lowest BCUT2D eigenvalue weighted by Crippen LogP contribution is -2.34. The predicted molar refractivity (Wildman–Crippen MR) is 109 cm³/mol. The van der Waals surface area contributed by atoms with Crippen LogP contribution in [0, 0.1) is 0 Å². The molecule has 0 aromatic carbocycles. The Morgan fingerprint density at radius 2 is 1.96 bits per heavy atom. The summed E-state index contributed by atoms with van der Waals surface area (Å²) in [5, 5.41) is 6.42. The van der Waals surface area contributed by atoms with Gasteiger partial charge >= 0.3 is 0 Å². The van der Waals surface area contributed by atoms with E-state index in [1.807, 2.05) is 69.4 Å². The number of aromatic nitrogens is 1. The molecule has 6 nitrogen and oxygen atoms in total. The number of nitrogens with zero attached hydrogens (tertiary/aromatic N) is 2. The Labute approximate surface area is 160 Å². The number of carbonyl (C=O) groups is 1. The van der Waals surface area contributed by atoms with E-state index in [0.717, 1.165) is 23.1 Å². The number of hydrogen-bond acceptors (Lipinski definition) is 5. The number of aldehydes is 1. The molecule has 6 heteroatoms. The van der Waals surface area contributed by atoms with Crippen molar-refractivity contribution in [3.63, 3.8) is 0 Å². The molecule has 1 unspecified atom stereocenters. The molecule has 1 aromatic heterocycles. The smallest absolute Gasteiger partial charge is 0.256 e. The Morgan fingerprint density at radius 1 is 1.19 bits per heavy atom. The van der Waals surface area contributed by atoms with Crippen LogP contribution in [0.2, 0.25) is 0 Å². The first kappa shape index (κ1) is 20.3. The predicted octanol–water partition coefficient (Wildman–Crippen LogP) is 2.70. The Morgan fingerprint density at radius 3 is 2.70 bits per heavy atom. The number of allylic oxidation sites excluding steroid dienone is 3. The summed E-state index contributed by atoms with van der Waals surface area (Å²) in [6, 6.07) is 1.96. The Hall–Kier alpha value is -3.02. The zero-order chi connectivity index (χ0) is 19.8. The third-order valence-corrected chi connectivity index (χ3v) is 4.17. The fourth-order valence-electron chi connectivity index (χ4n) is 2.99. The fraction of sp³-hybridized carbons (Fsp3) is 0.333. The minimum absolute atomic E-state index is 0.00614. The van der Waals surface area contributed by atoms with E-state index in [4.69, 9.17) is 0 Å². The summed E-state index contributed by atoms with van der Waals surface area (Å²) in [5.41, 5.74) is 3.34. The third kappa shape index (κ3) is 4.39. The van der Waals surface area contributed by atoms with Gasteiger partial charge in [-0.05, 0) is 30.0 Å². The summed E-state index contributed by atoms with van der Waals surface area (Å²) in [5.74, 6) is 0. The van der Waals surface area contributed by atoms with Crippen LogP contribution in [0.15, 0.2) is 59.1 Å². The molecule has 144 valence electrons. The van der Waals surface area contributed by atoms with Crippen molar-refractivity contribution in [3.05, 3.63) is 75.8 Å². The van der Waals surface area contributed by atoms with Gasteiger partial charge in [-0.25, -0.2) is 0 Å². The van der Waals surface area contributed by atoms with Crippen LogP contribution in [0.5, 0.6) is 0 Å². The van der Waals surface area contributed by atoms with Crippen molar-refractivity contribution < 1.29 is 4.79 Å². The van der Waals surface area contributed by atoms with Gasteiger partial charge in [0.15, 0.2) is 6.29 Å². The lowest BCUT2D eigenvalue weighted by atomic mass is 10.1. The molecular formula is C21H28N4O2. The highest BCUT2D eigenvalue weighted by Crippen LogP contribution is 2.19. The molecule has 0 saturated carbocycles. The van der Waals surface area contributed by atoms with Gasteiger partial charge in [-0.3, -0.25) is 9.59 Å². The first-order valence-corrected chi connectivity index (χ1v) is 9.47. The molecule has 0 bridgehead atoms. The molecule has 27 heavy (non-hydrogen) atoms. The van der Waals surface area contributed by atoms with Crippen LogP contribution < -0.4 is 16.2 Å². The molecule has 0 radical (unpaired) electrons. The second-order valence-corrected chi connectivity index (χ2v) is 5.69. The van der Waals surface area contributed by atoms with Gasteiger partial charge in [0.2, 0.25) is 0 Å². The quantitative estimate of drug-likeness (QED) is 0.803. The summed E-state index contributed by atoms with van der Waals surface area (Å²) in [7, 11) is 0. The molecule has 0 fully saturated rings. The summed E-state index contributed by atoms with van der Waals surface area (Å²) in [6.45, 7) is 9.03. The molecule has 0 aliphatic carbocycles. The van der Waals surface area contributed by atoms with E-state index in [1.54, 1.807) is 16.8 Å². The molecule has 0 saturated heterocycles. The van der Waals surface area contributed by atoms with Gasteiger partial charge < -0.3 is 20.1 Å². The van der Waals surface area contributed by atoms with Gasteiger partial charge in [0.1, 0.15) is 6.17 Å². The minimum atomic E-state index is 0.00614. The average Bonchev–Trinajstić information content (AvgIpc) is 3.14. The molecule has 4 heterocycles. The summed E-state index contributed by atoms with van der Waals surface area (Å²) >= 11 is 0. The number of pyridine rings is 1. The highest BCUT2D eigenvalue weighted by Gasteiger charge is 2.23. The summed E-state index contributed by atoms with van der Waals surface area (Å²) < 4.78 is 1.70. The second kappa shape index (κ2) is 9.62. The maximum atomic E-state index is 12.6. The lowest BCUT2D eigenvalue weighted by Gasteiger charge is -2.22. The molecule has 4 rings (SSSR count). The van der Waals surface area contributed by atoms with Gasteiger partial charge in [0, 0.05) is 42.0 Å². The highest BCUT2D eigenvalue weighted by molar-refractivity contribution is 5.77. The zero-order valence-electron chi connectivity index (χ0n) is 16.4. The largest absolute Gasteiger partial charge is 0.387 e. The number of carbonyl (C=O) groups excluding carboxylic acids is 1. The standard InChI is InChI=1S/C17H16N4O2.2C2H6/c22-11-12-1-2-16-19-14(10-21(16)8-12)9-20-6-4-13-3-5-18-7-15(13)17(20)23;2*1-2/h1-6,8,10-11,16,18-19H,7,9H2;2*1-2H3. The topological polar surface area (TPSA) is 66.4 Å². The van der Waals surface area contributed by atoms with Crippen LogP contribution in [0.1, 0.15) is 38.8 Å². The van der Waals surface area contributed by atoms with Crippen LogP contribution in [0.3, 0.4) is 0 Å². The van der Waals surface area contributed by atoms with Crippen LogP contribution in [0.25, 0.3) is 6.08 Å². The first-order chi connectivity index (χ1) is 13.2. The third-order valence-electron chi connectivity index (χ3n) is 4.17. The van der Waals surface area contributed by atoms with Crippen molar-refractivity contribution in [1.82, 2.24) is 20.1 Å². The van der Waals surface area contributed by atoms with E-state index in [2.05, 4.69) is 10.6 Å². The number of fused-ring (bicyclic) bond motifs is 2. The Bertz CT molecular complexity index is 846. The van der Waals surface area contributed by atoms with Crippen LogP contribution >= 0.6 is 0 Å². The van der Waals surface area contributed by atoms with Crippen molar-refractivity contribution in [3.8, 4) is 0 Å². The molecule has 0 spiro atoms. The molecule has 1 aromatic rings. The van der Waals surface area contributed by atoms with Gasteiger partial charge in [0.05, 0.1) is 6.54 Å². The molecular weight excluding hydrogens is 340 g/mol. The Balaban J connectivity index is 0.000000614. The van der Waals surface area contributed by atoms with E-state index in [9.17, 15) is 9.59 Å². The maximum Gasteiger partial charge on any atom is 0.256 e. The lowest BCUT2D eigenvalue weighted by molar-refractivity contribution is -0.104. The number of hydrogen-bond donors (Lipinski definition) is 2. The van der Waals surface area contributed by atoms with Crippen molar-refractivity contribution in [2.24, 2.45) is 0 Å². The minimum Gasteiger partial charge on any atom is -0.387 e. The fourth-order valence-corrected chi connectivity index (χ4v) is 2.99. The Kier molecular flexibility index (Phi) is 7.23. The highest BCUT2D eigenvalue weighted by atomic mass is 16.1. The molecule has 2 N–H and O–H groups in total. The van der Waals surface area contributed by atoms with E-state index < -0.39 is 0 Å². The normalized spacial score (nSPS) is 18.2. The zero-order valence-corrected chi connectivity index (χ0v) is 16.4. The van der Waals surface area contributed by atoms with E-state index in [1.165, 1.54) is 0 Å². The monoisotopic (exact) mass is 368 g/mol. The average molecular weight is 368 g/mol. The molecule has 0 amide bonds. The molecule has 3 aliphatic rings. The molecule has 1 atom stereocenters. The summed E-state index contributed by atoms with van der Waals surface area (Å²) in [4.78, 5) is 25.4. The van der Waals surface area contributed by atoms with Crippen molar-refractivity contribution in [1.29, 1.82) is 0 Å². The maximum absolute atomic E-state index is 12.6. The van der Waals surface area contributed by atoms with Crippen LogP contribution in [-0.2, 0) is 17.9 Å². The van der Waals surface area contributed by atoms with Crippen molar-refractivity contribution in [2.75, 3.05) is 0 Å². The SMILES string of the molecule is CC.CC.O=CC1=CN2C=C(Cn3ccc4c(c3=O)CNC=C4)NC2C=C1. The van der Waals surface area contributed by atoms with Gasteiger partial charge in [0.25, 0.3) is 5.56 Å². The van der Waals surface area contributed by atoms with Gasteiger partial charge in [-0.1, -0.05) is 33.8 Å². The number of rotatable bonds is 3. The van der Waals surface area contributed by atoms with E-state index in [-0.39, 0.29) is 11.7 Å². The van der Waals surface area contributed by atoms with E-state index >= 15 is 0 Å². The number of nitrogens with one attached hydrogen (secondary N) is 2. The van der Waals surface area contributed by atoms with Crippen molar-refractivity contribution >= 4 is 12.4 Å². The summed E-state index contributed by atoms with van der Waals surface area (Å²) in [6.07, 6.45) is 13.9. The van der Waals surface area contributed by atoms with Gasteiger partial charge in [-0.2, -0.15) is 0 Å². The van der Waals surface area contributed by atoms with Crippen LogP contribution in [0.4, 0.5) is 0 Å². The van der Waals surface area contributed by atoms with E-state index in [0.29, 0.717) is 18.7 Å². The second-order valence-electron chi connectivity index (χ2n) is 5.69.